The number of aromatic nitrogens is 3. The lowest BCUT2D eigenvalue weighted by Gasteiger charge is -2.09. The molecule has 22 heavy (non-hydrogen) atoms. The third kappa shape index (κ3) is 3.27. The van der Waals surface area contributed by atoms with Gasteiger partial charge in [0, 0.05) is 23.1 Å². The second kappa shape index (κ2) is 6.43. The van der Waals surface area contributed by atoms with Crippen molar-refractivity contribution in [2.24, 2.45) is 0 Å². The van der Waals surface area contributed by atoms with Crippen LogP contribution in [-0.4, -0.2) is 21.6 Å². The van der Waals surface area contributed by atoms with Crippen molar-refractivity contribution in [1.82, 2.24) is 15.0 Å². The quantitative estimate of drug-likeness (QED) is 0.676. The number of hydrogen-bond donors (Lipinski definition) is 1. The topological polar surface area (TPSA) is 67.9 Å². The van der Waals surface area contributed by atoms with E-state index in [1.807, 2.05) is 0 Å². The summed E-state index contributed by atoms with van der Waals surface area (Å²) < 4.78 is 29.1. The summed E-state index contributed by atoms with van der Waals surface area (Å²) in [6, 6.07) is 3.30. The molecule has 0 aromatic carbocycles. The zero-order valence-electron chi connectivity index (χ0n) is 11.5. The van der Waals surface area contributed by atoms with Gasteiger partial charge in [0.05, 0.1) is 5.69 Å². The molecule has 1 aliphatic rings. The van der Waals surface area contributed by atoms with E-state index in [1.165, 1.54) is 18.0 Å². The molecule has 3 rings (SSSR count). The van der Waals surface area contributed by atoms with Gasteiger partial charge in [0.2, 0.25) is 5.88 Å². The fraction of sp³-hybridized carbons (Fsp3) is 0.357. The Labute approximate surface area is 129 Å². The Hall–Kier alpha value is -1.96. The van der Waals surface area contributed by atoms with Crippen molar-refractivity contribution in [3.05, 3.63) is 45.5 Å². The van der Waals surface area contributed by atoms with Crippen molar-refractivity contribution in [1.29, 1.82) is 0 Å². The van der Waals surface area contributed by atoms with Gasteiger partial charge in [-0.25, -0.2) is 9.97 Å². The molecule has 2 aromatic rings. The first-order valence-corrected chi connectivity index (χ1v) is 7.75. The number of fused-ring (bicyclic) bond motifs is 1. The van der Waals surface area contributed by atoms with Crippen LogP contribution in [0.15, 0.2) is 28.3 Å². The molecular weight excluding hydrogens is 312 g/mol. The number of thioether (sulfide) groups is 1. The zero-order valence-corrected chi connectivity index (χ0v) is 12.3. The van der Waals surface area contributed by atoms with E-state index >= 15 is 0 Å². The van der Waals surface area contributed by atoms with E-state index in [0.717, 1.165) is 30.5 Å². The Morgan fingerprint density at radius 1 is 1.41 bits per heavy atom. The first-order chi connectivity index (χ1) is 10.6. The molecule has 116 valence electrons. The van der Waals surface area contributed by atoms with E-state index < -0.39 is 6.61 Å². The van der Waals surface area contributed by atoms with E-state index in [2.05, 4.69) is 19.7 Å². The number of hydrogen-bond acceptors (Lipinski definition) is 5. The maximum Gasteiger partial charge on any atom is 0.388 e. The SMILES string of the molecule is O=c1[nH]c(SCc2cccnc2OC(F)F)nc2c1CCC2. The van der Waals surface area contributed by atoms with Crippen LogP contribution in [-0.2, 0) is 18.6 Å². The van der Waals surface area contributed by atoms with Crippen molar-refractivity contribution in [3.63, 3.8) is 0 Å². The molecule has 8 heteroatoms. The molecule has 2 heterocycles. The van der Waals surface area contributed by atoms with Gasteiger partial charge >= 0.3 is 6.61 Å². The number of ether oxygens (including phenoxy) is 1. The molecule has 0 atom stereocenters. The molecule has 0 radical (unpaired) electrons. The molecule has 0 saturated carbocycles. The first-order valence-electron chi connectivity index (χ1n) is 6.77. The van der Waals surface area contributed by atoms with Crippen LogP contribution in [0, 0.1) is 0 Å². The summed E-state index contributed by atoms with van der Waals surface area (Å²) in [5.41, 5.74) is 2.00. The number of H-pyrrole nitrogens is 1. The van der Waals surface area contributed by atoms with E-state index in [9.17, 15) is 13.6 Å². The second-order valence-corrected chi connectivity index (χ2v) is 5.75. The van der Waals surface area contributed by atoms with Crippen molar-refractivity contribution in [2.75, 3.05) is 0 Å². The van der Waals surface area contributed by atoms with Crippen LogP contribution < -0.4 is 10.3 Å². The highest BCUT2D eigenvalue weighted by Gasteiger charge is 2.18. The summed E-state index contributed by atoms with van der Waals surface area (Å²) >= 11 is 1.26. The molecule has 0 amide bonds. The number of rotatable bonds is 5. The number of nitrogens with one attached hydrogen (secondary N) is 1. The van der Waals surface area contributed by atoms with Crippen LogP contribution in [0.4, 0.5) is 8.78 Å². The first kappa shape index (κ1) is 15.0. The van der Waals surface area contributed by atoms with Crippen molar-refractivity contribution >= 4 is 11.8 Å². The third-order valence-electron chi connectivity index (χ3n) is 3.33. The predicted octanol–water partition coefficient (Wildman–Crippen LogP) is 2.55. The van der Waals surface area contributed by atoms with Gasteiger partial charge in [-0.1, -0.05) is 17.8 Å². The Balaban J connectivity index is 1.76. The third-order valence-corrected chi connectivity index (χ3v) is 4.26. The molecule has 0 fully saturated rings. The van der Waals surface area contributed by atoms with Gasteiger partial charge in [-0.15, -0.1) is 0 Å². The summed E-state index contributed by atoms with van der Waals surface area (Å²) in [5.74, 6) is 0.228. The molecule has 5 nitrogen and oxygen atoms in total. The van der Waals surface area contributed by atoms with Crippen LogP contribution in [0.1, 0.15) is 23.2 Å². The van der Waals surface area contributed by atoms with Gasteiger partial charge in [-0.2, -0.15) is 8.78 Å². The average Bonchev–Trinajstić information content (AvgIpc) is 2.95. The van der Waals surface area contributed by atoms with E-state index in [1.54, 1.807) is 12.1 Å². The highest BCUT2D eigenvalue weighted by atomic mass is 32.2. The predicted molar refractivity (Wildman–Crippen MR) is 77.3 cm³/mol. The van der Waals surface area contributed by atoms with Crippen molar-refractivity contribution in [2.45, 2.75) is 36.8 Å². The molecule has 1 N–H and O–H groups in total. The Morgan fingerprint density at radius 2 is 2.27 bits per heavy atom. The largest absolute Gasteiger partial charge is 0.417 e. The highest BCUT2D eigenvalue weighted by Crippen LogP contribution is 2.26. The maximum atomic E-state index is 12.3. The molecule has 0 aliphatic heterocycles. The smallest absolute Gasteiger partial charge is 0.388 e. The lowest BCUT2D eigenvalue weighted by molar-refractivity contribution is -0.0533. The molecule has 0 bridgehead atoms. The van der Waals surface area contributed by atoms with E-state index in [0.29, 0.717) is 16.5 Å². The molecule has 1 aliphatic carbocycles. The minimum atomic E-state index is -2.92. The Kier molecular flexibility index (Phi) is 4.37. The minimum absolute atomic E-state index is 0.103. The van der Waals surface area contributed by atoms with Crippen LogP contribution in [0.25, 0.3) is 0 Å². The Bertz CT molecular complexity index is 736. The van der Waals surface area contributed by atoms with Gasteiger partial charge in [0.25, 0.3) is 5.56 Å². The summed E-state index contributed by atoms with van der Waals surface area (Å²) in [6.45, 7) is -2.92. The van der Waals surface area contributed by atoms with Crippen LogP contribution in [0.2, 0.25) is 0 Å². The van der Waals surface area contributed by atoms with Gasteiger partial charge in [-0.3, -0.25) is 4.79 Å². The van der Waals surface area contributed by atoms with Gasteiger partial charge in [0.15, 0.2) is 5.16 Å². The number of halogens is 2. The maximum absolute atomic E-state index is 12.3. The van der Waals surface area contributed by atoms with Crippen molar-refractivity contribution < 1.29 is 13.5 Å². The van der Waals surface area contributed by atoms with Gasteiger partial charge < -0.3 is 9.72 Å². The fourth-order valence-corrected chi connectivity index (χ4v) is 3.21. The molecular formula is C14H13F2N3O2S. The number of aromatic amines is 1. The van der Waals surface area contributed by atoms with E-state index in [-0.39, 0.29) is 11.4 Å². The average molecular weight is 325 g/mol. The number of aryl methyl sites for hydroxylation is 1. The van der Waals surface area contributed by atoms with Crippen LogP contribution >= 0.6 is 11.8 Å². The Morgan fingerprint density at radius 3 is 3.09 bits per heavy atom. The van der Waals surface area contributed by atoms with Gasteiger partial charge in [0.1, 0.15) is 0 Å². The van der Waals surface area contributed by atoms with Crippen LogP contribution in [0.5, 0.6) is 5.88 Å². The van der Waals surface area contributed by atoms with E-state index in [4.69, 9.17) is 0 Å². The monoisotopic (exact) mass is 325 g/mol. The summed E-state index contributed by atoms with van der Waals surface area (Å²) in [7, 11) is 0. The van der Waals surface area contributed by atoms with Crippen LogP contribution in [0.3, 0.4) is 0 Å². The number of pyridine rings is 1. The molecule has 2 aromatic heterocycles. The number of nitrogens with zero attached hydrogens (tertiary/aromatic N) is 2. The minimum Gasteiger partial charge on any atom is -0.417 e. The molecule has 0 unspecified atom stereocenters. The molecule has 0 spiro atoms. The highest BCUT2D eigenvalue weighted by molar-refractivity contribution is 7.98. The standard InChI is InChI=1S/C14H13F2N3O2S/c15-13(16)21-12-8(3-2-6-17-12)7-22-14-18-10-5-1-4-9(10)11(20)19-14/h2-3,6,13H,1,4-5,7H2,(H,18,19,20). The summed E-state index contributed by atoms with van der Waals surface area (Å²) in [5, 5.41) is 0.484. The second-order valence-electron chi connectivity index (χ2n) is 4.78. The zero-order chi connectivity index (χ0) is 15.5. The van der Waals surface area contributed by atoms with Gasteiger partial charge in [-0.05, 0) is 25.3 Å². The lowest BCUT2D eigenvalue weighted by Crippen LogP contribution is -2.15. The summed E-state index contributed by atoms with van der Waals surface area (Å²) in [4.78, 5) is 22.9. The summed E-state index contributed by atoms with van der Waals surface area (Å²) in [6.07, 6.45) is 3.90. The number of alkyl halides is 2. The lowest BCUT2D eigenvalue weighted by atomic mass is 10.3. The molecule has 0 saturated heterocycles. The van der Waals surface area contributed by atoms with Crippen molar-refractivity contribution in [3.8, 4) is 5.88 Å². The fourth-order valence-electron chi connectivity index (χ4n) is 2.36. The normalized spacial score (nSPS) is 13.4.